The molecule has 1 unspecified atom stereocenters. The van der Waals surface area contributed by atoms with Crippen molar-refractivity contribution in [3.05, 3.63) is 89.5 Å². The summed E-state index contributed by atoms with van der Waals surface area (Å²) in [5.41, 5.74) is 0.631. The molecule has 2 aromatic carbocycles. The molecular weight excluding hydrogens is 701 g/mol. The summed E-state index contributed by atoms with van der Waals surface area (Å²) in [5, 5.41) is 10.6. The SMILES string of the molecule is CCC1(C(=O)O)CC2(CCN(C(=O)OC(C)(C)C)CC2)CN1Cc1ccc(CN(Cc2nccn2S(=O)(=O)N(C)C)C(=O)OCc2ccccc2)cc1. The van der Waals surface area contributed by atoms with E-state index in [1.54, 1.807) is 4.90 Å². The van der Waals surface area contributed by atoms with E-state index in [0.717, 1.165) is 25.0 Å². The molecule has 0 bridgehead atoms. The third-order valence-electron chi connectivity index (χ3n) is 10.2. The minimum Gasteiger partial charge on any atom is -0.480 e. The number of amides is 2. The van der Waals surface area contributed by atoms with Crippen molar-refractivity contribution in [1.29, 1.82) is 0 Å². The second kappa shape index (κ2) is 15.9. The molecule has 3 aromatic rings. The molecule has 1 N–H and O–H groups in total. The molecule has 2 fully saturated rings. The van der Waals surface area contributed by atoms with Gasteiger partial charge in [-0.25, -0.2) is 18.5 Å². The molecule has 1 spiro atoms. The number of piperidine rings is 1. The van der Waals surface area contributed by atoms with Crippen LogP contribution in [0.1, 0.15) is 75.9 Å². The molecule has 1 aromatic heterocycles. The lowest BCUT2D eigenvalue weighted by molar-refractivity contribution is -0.150. The van der Waals surface area contributed by atoms with E-state index in [0.29, 0.717) is 51.9 Å². The van der Waals surface area contributed by atoms with E-state index < -0.39 is 33.4 Å². The number of ether oxygens (including phenoxy) is 2. The predicted molar refractivity (Wildman–Crippen MR) is 198 cm³/mol. The van der Waals surface area contributed by atoms with E-state index in [1.807, 2.05) is 82.3 Å². The van der Waals surface area contributed by atoms with Gasteiger partial charge in [0, 0.05) is 59.2 Å². The van der Waals surface area contributed by atoms with E-state index in [2.05, 4.69) is 9.88 Å². The average molecular weight is 753 g/mol. The van der Waals surface area contributed by atoms with Crippen molar-refractivity contribution in [1.82, 2.24) is 28.0 Å². The van der Waals surface area contributed by atoms with E-state index in [-0.39, 0.29) is 37.0 Å². The fourth-order valence-corrected chi connectivity index (χ4v) is 8.20. The molecule has 0 radical (unpaired) electrons. The molecule has 3 heterocycles. The van der Waals surface area contributed by atoms with Crippen molar-refractivity contribution in [2.45, 2.75) is 90.8 Å². The second-order valence-corrected chi connectivity index (χ2v) is 17.4. The Morgan fingerprint density at radius 3 is 2.17 bits per heavy atom. The summed E-state index contributed by atoms with van der Waals surface area (Å²) in [6.45, 7) is 9.51. The first kappa shape index (κ1) is 39.7. The Balaban J connectivity index is 1.31. The molecule has 1 atom stereocenters. The molecule has 15 heteroatoms. The Kier molecular flexibility index (Phi) is 11.9. The van der Waals surface area contributed by atoms with Gasteiger partial charge in [-0.2, -0.15) is 12.7 Å². The largest absolute Gasteiger partial charge is 0.480 e. The van der Waals surface area contributed by atoms with Gasteiger partial charge in [-0.05, 0) is 68.6 Å². The zero-order chi connectivity index (χ0) is 38.6. The molecule has 0 saturated carbocycles. The normalized spacial score (nSPS) is 19.0. The van der Waals surface area contributed by atoms with Gasteiger partial charge in [0.25, 0.3) is 0 Å². The summed E-state index contributed by atoms with van der Waals surface area (Å²) < 4.78 is 39.3. The van der Waals surface area contributed by atoms with Crippen molar-refractivity contribution >= 4 is 28.4 Å². The van der Waals surface area contributed by atoms with Crippen LogP contribution in [0.4, 0.5) is 9.59 Å². The fraction of sp³-hybridized carbons (Fsp3) is 0.526. The molecular formula is C38H52N6O8S. The first-order chi connectivity index (χ1) is 25.0. The van der Waals surface area contributed by atoms with E-state index >= 15 is 0 Å². The summed E-state index contributed by atoms with van der Waals surface area (Å²) in [6, 6.07) is 16.9. The van der Waals surface area contributed by atoms with Crippen molar-refractivity contribution in [2.24, 2.45) is 5.41 Å². The first-order valence-electron chi connectivity index (χ1n) is 17.9. The van der Waals surface area contributed by atoms with Crippen molar-refractivity contribution in [2.75, 3.05) is 33.7 Å². The maximum atomic E-state index is 13.5. The van der Waals surface area contributed by atoms with Gasteiger partial charge in [0.1, 0.15) is 23.6 Å². The summed E-state index contributed by atoms with van der Waals surface area (Å²) in [5.74, 6) is -0.696. The lowest BCUT2D eigenvalue weighted by atomic mass is 9.73. The van der Waals surface area contributed by atoms with Crippen LogP contribution in [0.5, 0.6) is 0 Å². The fourth-order valence-electron chi connectivity index (χ4n) is 7.26. The maximum Gasteiger partial charge on any atom is 0.410 e. The zero-order valence-electron chi connectivity index (χ0n) is 31.5. The molecule has 0 aliphatic carbocycles. The molecule has 5 rings (SSSR count). The van der Waals surface area contributed by atoms with Crippen LogP contribution in [-0.4, -0.2) is 105 Å². The molecule has 2 saturated heterocycles. The second-order valence-electron chi connectivity index (χ2n) is 15.3. The zero-order valence-corrected chi connectivity index (χ0v) is 32.3. The molecule has 53 heavy (non-hydrogen) atoms. The van der Waals surface area contributed by atoms with Gasteiger partial charge in [0.2, 0.25) is 0 Å². The summed E-state index contributed by atoms with van der Waals surface area (Å²) in [7, 11) is -1.04. The van der Waals surface area contributed by atoms with Gasteiger partial charge < -0.3 is 19.5 Å². The number of aliphatic carboxylic acids is 1. The van der Waals surface area contributed by atoms with Crippen LogP contribution in [0.3, 0.4) is 0 Å². The van der Waals surface area contributed by atoms with E-state index in [9.17, 15) is 27.9 Å². The molecule has 2 aliphatic heterocycles. The lowest BCUT2D eigenvalue weighted by Gasteiger charge is -2.39. The number of rotatable bonds is 12. The number of hydrogen-bond donors (Lipinski definition) is 1. The number of nitrogens with zero attached hydrogens (tertiary/aromatic N) is 6. The highest BCUT2D eigenvalue weighted by Gasteiger charge is 2.57. The van der Waals surface area contributed by atoms with Crippen LogP contribution in [0.2, 0.25) is 0 Å². The number of carboxylic acid groups (broad SMARTS) is 1. The van der Waals surface area contributed by atoms with Crippen LogP contribution < -0.4 is 0 Å². The quantitative estimate of drug-likeness (QED) is 0.257. The van der Waals surface area contributed by atoms with E-state index in [1.165, 1.54) is 31.4 Å². The monoisotopic (exact) mass is 752 g/mol. The third-order valence-corrected chi connectivity index (χ3v) is 12.0. The minimum atomic E-state index is -3.88. The Bertz CT molecular complexity index is 1850. The Hall–Kier alpha value is -4.47. The van der Waals surface area contributed by atoms with Gasteiger partial charge in [-0.1, -0.05) is 61.5 Å². The number of carbonyl (C=O) groups excluding carboxylic acids is 2. The number of likely N-dealkylation sites (tertiary alicyclic amines) is 2. The van der Waals surface area contributed by atoms with Crippen molar-refractivity contribution in [3.63, 3.8) is 0 Å². The topological polar surface area (TPSA) is 155 Å². The van der Waals surface area contributed by atoms with Crippen LogP contribution in [0.15, 0.2) is 67.0 Å². The molecule has 288 valence electrons. The maximum absolute atomic E-state index is 13.5. The minimum absolute atomic E-state index is 0.0403. The third kappa shape index (κ3) is 9.19. The van der Waals surface area contributed by atoms with Crippen molar-refractivity contribution in [3.8, 4) is 0 Å². The predicted octanol–water partition coefficient (Wildman–Crippen LogP) is 5.33. The summed E-state index contributed by atoms with van der Waals surface area (Å²) >= 11 is 0. The number of carbonyl (C=O) groups is 3. The Morgan fingerprint density at radius 1 is 0.943 bits per heavy atom. The van der Waals surface area contributed by atoms with Crippen LogP contribution in [-0.2, 0) is 50.7 Å². The van der Waals surface area contributed by atoms with Crippen molar-refractivity contribution < 1.29 is 37.4 Å². The van der Waals surface area contributed by atoms with Gasteiger partial charge in [0.05, 0.1) is 6.54 Å². The number of imidazole rings is 1. The number of hydrogen-bond acceptors (Lipinski definition) is 9. The highest BCUT2D eigenvalue weighted by molar-refractivity contribution is 7.87. The Morgan fingerprint density at radius 2 is 1.58 bits per heavy atom. The molecule has 2 amide bonds. The smallest absolute Gasteiger partial charge is 0.410 e. The van der Waals surface area contributed by atoms with E-state index in [4.69, 9.17) is 9.47 Å². The Labute approximate surface area is 312 Å². The lowest BCUT2D eigenvalue weighted by Crippen LogP contribution is -2.49. The van der Waals surface area contributed by atoms with Gasteiger partial charge in [0.15, 0.2) is 0 Å². The molecule has 2 aliphatic rings. The number of aromatic nitrogens is 2. The van der Waals surface area contributed by atoms with Crippen LogP contribution in [0, 0.1) is 5.41 Å². The average Bonchev–Trinajstić information content (AvgIpc) is 3.71. The van der Waals surface area contributed by atoms with Crippen LogP contribution in [0.25, 0.3) is 0 Å². The van der Waals surface area contributed by atoms with Gasteiger partial charge in [-0.3, -0.25) is 14.6 Å². The molecule has 14 nitrogen and oxygen atoms in total. The standard InChI is InChI=1S/C38H52N6O8S/c1-7-38(33(45)46)27-37(17-20-41(21-18-37)35(48)52-36(2,3)4)28-43(38)24-30-15-13-29(14-16-30)23-42(34(47)51-26-31-11-9-8-10-12-31)25-32-39-19-22-44(32)53(49,50)40(5)6/h8-16,19,22H,7,17-18,20-21,23-28H2,1-6H3,(H,45,46). The highest BCUT2D eigenvalue weighted by atomic mass is 32.2. The number of benzene rings is 2. The van der Waals surface area contributed by atoms with Crippen LogP contribution >= 0.6 is 0 Å². The van der Waals surface area contributed by atoms with Gasteiger partial charge in [-0.15, -0.1) is 0 Å². The van der Waals surface area contributed by atoms with Gasteiger partial charge >= 0.3 is 28.4 Å². The summed E-state index contributed by atoms with van der Waals surface area (Å²) in [6.07, 6.45) is 4.08. The summed E-state index contributed by atoms with van der Waals surface area (Å²) in [4.78, 5) is 48.6. The first-order valence-corrected chi connectivity index (χ1v) is 19.3. The number of carboxylic acids is 1. The highest BCUT2D eigenvalue weighted by Crippen LogP contribution is 2.50.